The Bertz CT molecular complexity index is 189. The molecule has 0 amide bonds. The maximum atomic E-state index is 3.95. The van der Waals surface area contributed by atoms with Gasteiger partial charge in [-0.3, -0.25) is 0 Å². The molecule has 74 valence electrons. The fraction of sp³-hybridized carbons (Fsp3) is 0.500. The van der Waals surface area contributed by atoms with Crippen molar-refractivity contribution in [3.8, 4) is 0 Å². The van der Waals surface area contributed by atoms with Crippen LogP contribution in [-0.4, -0.2) is 18.5 Å². The number of rotatable bonds is 6. The monoisotopic (exact) mass is 179 g/mol. The summed E-state index contributed by atoms with van der Waals surface area (Å²) in [5, 5.41) is 0. The topological polar surface area (TPSA) is 3.24 Å². The molecular weight excluding hydrogens is 158 g/mol. The van der Waals surface area contributed by atoms with Gasteiger partial charge in [0.2, 0.25) is 0 Å². The van der Waals surface area contributed by atoms with Crippen molar-refractivity contribution in [2.75, 3.05) is 13.6 Å². The quantitative estimate of drug-likeness (QED) is 0.565. The highest BCUT2D eigenvalue weighted by atomic mass is 15.1. The smallest absolute Gasteiger partial charge is 0.0290 e. The summed E-state index contributed by atoms with van der Waals surface area (Å²) in [5.41, 5.74) is 1.06. The lowest BCUT2D eigenvalue weighted by molar-refractivity contribution is 0.458. The molecule has 0 aliphatic rings. The molecule has 1 heteroatoms. The number of unbranched alkanes of at least 4 members (excludes halogenated alkanes) is 1. The minimum Gasteiger partial charge on any atom is -0.375 e. The van der Waals surface area contributed by atoms with Crippen molar-refractivity contribution >= 4 is 0 Å². The summed E-state index contributed by atoms with van der Waals surface area (Å²) in [6, 6.07) is 0. The molecule has 0 bridgehead atoms. The molecular formula is C12H21N. The van der Waals surface area contributed by atoms with Crippen LogP contribution in [0.1, 0.15) is 26.7 Å². The molecule has 0 saturated heterocycles. The molecule has 13 heavy (non-hydrogen) atoms. The molecule has 0 aromatic carbocycles. The highest BCUT2D eigenvalue weighted by Gasteiger charge is 1.91. The van der Waals surface area contributed by atoms with Crippen LogP contribution in [0.25, 0.3) is 0 Å². The Balaban J connectivity index is 3.77. The van der Waals surface area contributed by atoms with Crippen molar-refractivity contribution in [1.82, 2.24) is 4.90 Å². The van der Waals surface area contributed by atoms with Crippen LogP contribution in [0.15, 0.2) is 36.6 Å². The molecule has 0 aromatic rings. The molecule has 0 unspecified atom stereocenters. The maximum absolute atomic E-state index is 3.95. The predicted octanol–water partition coefficient (Wildman–Crippen LogP) is 3.36. The fourth-order valence-corrected chi connectivity index (χ4v) is 0.838. The van der Waals surface area contributed by atoms with Gasteiger partial charge in [0.25, 0.3) is 0 Å². The number of hydrogen-bond donors (Lipinski definition) is 0. The second kappa shape index (κ2) is 7.66. The number of nitrogens with zero attached hydrogens (tertiary/aromatic N) is 1. The Labute approximate surface area is 82.4 Å². The summed E-state index contributed by atoms with van der Waals surface area (Å²) < 4.78 is 0. The van der Waals surface area contributed by atoms with Crippen LogP contribution in [0.4, 0.5) is 0 Å². The van der Waals surface area contributed by atoms with Gasteiger partial charge < -0.3 is 4.90 Å². The van der Waals surface area contributed by atoms with E-state index in [4.69, 9.17) is 0 Å². The first-order valence-electron chi connectivity index (χ1n) is 4.95. The van der Waals surface area contributed by atoms with E-state index in [-0.39, 0.29) is 0 Å². The standard InChI is InChI=1S/C12H21N/c1-5-7-8-9-10-11-12(3)13(4)6-2/h8-11H,3,5-7H2,1-2,4H3/b9-8+,11-10-. The first kappa shape index (κ1) is 12.0. The van der Waals surface area contributed by atoms with Crippen LogP contribution in [0.5, 0.6) is 0 Å². The van der Waals surface area contributed by atoms with Gasteiger partial charge in [-0.05, 0) is 19.4 Å². The molecule has 0 heterocycles. The average Bonchev–Trinajstić information content (AvgIpc) is 2.16. The van der Waals surface area contributed by atoms with E-state index in [1.165, 1.54) is 6.42 Å². The third-order valence-electron chi connectivity index (χ3n) is 1.96. The van der Waals surface area contributed by atoms with Crippen LogP contribution in [0, 0.1) is 0 Å². The zero-order chi connectivity index (χ0) is 10.1. The van der Waals surface area contributed by atoms with E-state index < -0.39 is 0 Å². The van der Waals surface area contributed by atoms with Crippen molar-refractivity contribution in [2.45, 2.75) is 26.7 Å². The molecule has 1 nitrogen and oxygen atoms in total. The second-order valence-corrected chi connectivity index (χ2v) is 3.08. The predicted molar refractivity (Wildman–Crippen MR) is 60.6 cm³/mol. The van der Waals surface area contributed by atoms with Gasteiger partial charge in [-0.1, -0.05) is 38.2 Å². The zero-order valence-electron chi connectivity index (χ0n) is 9.09. The number of hydrogen-bond acceptors (Lipinski definition) is 1. The Morgan fingerprint density at radius 2 is 2.00 bits per heavy atom. The Kier molecular flexibility index (Phi) is 7.08. The molecule has 0 aliphatic heterocycles. The fourth-order valence-electron chi connectivity index (χ4n) is 0.838. The first-order chi connectivity index (χ1) is 6.22. The van der Waals surface area contributed by atoms with E-state index in [2.05, 4.69) is 37.5 Å². The lowest BCUT2D eigenvalue weighted by Crippen LogP contribution is -2.14. The third kappa shape index (κ3) is 6.21. The summed E-state index contributed by atoms with van der Waals surface area (Å²) in [6.45, 7) is 9.25. The van der Waals surface area contributed by atoms with Gasteiger partial charge in [0.1, 0.15) is 0 Å². The van der Waals surface area contributed by atoms with Crippen molar-refractivity contribution in [1.29, 1.82) is 0 Å². The summed E-state index contributed by atoms with van der Waals surface area (Å²) in [5.74, 6) is 0. The summed E-state index contributed by atoms with van der Waals surface area (Å²) in [6.07, 6.45) is 10.7. The highest BCUT2D eigenvalue weighted by Crippen LogP contribution is 1.99. The van der Waals surface area contributed by atoms with E-state index in [1.54, 1.807) is 0 Å². The van der Waals surface area contributed by atoms with E-state index in [0.29, 0.717) is 0 Å². The minimum absolute atomic E-state index is 1.00. The minimum atomic E-state index is 1.00. The van der Waals surface area contributed by atoms with E-state index in [0.717, 1.165) is 18.7 Å². The van der Waals surface area contributed by atoms with E-state index >= 15 is 0 Å². The lowest BCUT2D eigenvalue weighted by atomic mass is 10.3. The van der Waals surface area contributed by atoms with Gasteiger partial charge in [-0.25, -0.2) is 0 Å². The maximum Gasteiger partial charge on any atom is 0.0290 e. The first-order valence-corrected chi connectivity index (χ1v) is 4.95. The van der Waals surface area contributed by atoms with Crippen molar-refractivity contribution in [2.24, 2.45) is 0 Å². The lowest BCUT2D eigenvalue weighted by Gasteiger charge is -2.15. The largest absolute Gasteiger partial charge is 0.375 e. The Morgan fingerprint density at radius 1 is 1.31 bits per heavy atom. The average molecular weight is 179 g/mol. The highest BCUT2D eigenvalue weighted by molar-refractivity contribution is 5.17. The SMILES string of the molecule is C=C(/C=C\C=C\CCC)N(C)CC. The molecule has 0 rings (SSSR count). The Morgan fingerprint density at radius 3 is 2.54 bits per heavy atom. The molecule has 0 radical (unpaired) electrons. The van der Waals surface area contributed by atoms with Crippen LogP contribution in [-0.2, 0) is 0 Å². The molecule has 0 aliphatic carbocycles. The summed E-state index contributed by atoms with van der Waals surface area (Å²) >= 11 is 0. The number of allylic oxidation sites excluding steroid dienone is 4. The van der Waals surface area contributed by atoms with Gasteiger partial charge in [0, 0.05) is 19.3 Å². The molecule has 0 N–H and O–H groups in total. The second-order valence-electron chi connectivity index (χ2n) is 3.08. The summed E-state index contributed by atoms with van der Waals surface area (Å²) in [4.78, 5) is 2.12. The van der Waals surface area contributed by atoms with Crippen molar-refractivity contribution in [3.63, 3.8) is 0 Å². The Hall–Kier alpha value is -0.980. The molecule has 0 saturated carbocycles. The van der Waals surface area contributed by atoms with Crippen LogP contribution in [0.2, 0.25) is 0 Å². The van der Waals surface area contributed by atoms with Gasteiger partial charge >= 0.3 is 0 Å². The van der Waals surface area contributed by atoms with E-state index in [9.17, 15) is 0 Å². The number of likely N-dealkylation sites (N-methyl/N-ethyl adjacent to an activating group) is 1. The van der Waals surface area contributed by atoms with Crippen LogP contribution >= 0.6 is 0 Å². The summed E-state index contributed by atoms with van der Waals surface area (Å²) in [7, 11) is 2.04. The molecule has 0 aromatic heterocycles. The third-order valence-corrected chi connectivity index (χ3v) is 1.96. The normalized spacial score (nSPS) is 11.3. The van der Waals surface area contributed by atoms with Crippen LogP contribution < -0.4 is 0 Å². The van der Waals surface area contributed by atoms with Crippen molar-refractivity contribution in [3.05, 3.63) is 36.6 Å². The van der Waals surface area contributed by atoms with Gasteiger partial charge in [0.05, 0.1) is 0 Å². The molecule has 0 spiro atoms. The van der Waals surface area contributed by atoms with Gasteiger partial charge in [0.15, 0.2) is 0 Å². The van der Waals surface area contributed by atoms with Crippen LogP contribution in [0.3, 0.4) is 0 Å². The molecule has 0 atom stereocenters. The molecule has 0 fully saturated rings. The zero-order valence-corrected chi connectivity index (χ0v) is 9.09. The van der Waals surface area contributed by atoms with Crippen molar-refractivity contribution < 1.29 is 0 Å². The van der Waals surface area contributed by atoms with Gasteiger partial charge in [-0.15, -0.1) is 0 Å². The van der Waals surface area contributed by atoms with Gasteiger partial charge in [-0.2, -0.15) is 0 Å². The van der Waals surface area contributed by atoms with E-state index in [1.807, 2.05) is 19.2 Å².